The van der Waals surface area contributed by atoms with E-state index in [4.69, 9.17) is 0 Å². The minimum Gasteiger partial charge on any atom is -0.0952 e. The fourth-order valence-electron chi connectivity index (χ4n) is 14.7. The predicted molar refractivity (Wildman–Crippen MR) is 352 cm³/mol. The lowest BCUT2D eigenvalue weighted by atomic mass is 9.57. The van der Waals surface area contributed by atoms with E-state index in [0.29, 0.717) is 17.8 Å². The molecule has 0 spiro atoms. The van der Waals surface area contributed by atoms with E-state index in [1.165, 1.54) is 150 Å². The molecule has 0 heteroatoms. The van der Waals surface area contributed by atoms with Gasteiger partial charge < -0.3 is 0 Å². The van der Waals surface area contributed by atoms with Gasteiger partial charge in [0.05, 0.1) is 0 Å². The highest BCUT2D eigenvalue weighted by atomic mass is 14.5. The zero-order valence-electron chi connectivity index (χ0n) is 55.3. The van der Waals surface area contributed by atoms with Crippen LogP contribution in [-0.4, -0.2) is 0 Å². The molecule has 0 saturated heterocycles. The summed E-state index contributed by atoms with van der Waals surface area (Å²) < 4.78 is 0. The third-order valence-electron chi connectivity index (χ3n) is 23.6. The van der Waals surface area contributed by atoms with E-state index in [2.05, 4.69) is 268 Å². The summed E-state index contributed by atoms with van der Waals surface area (Å²) in [5, 5.41) is 0. The number of fused-ring (bicyclic) bond motifs is 9. The summed E-state index contributed by atoms with van der Waals surface area (Å²) >= 11 is 0. The van der Waals surface area contributed by atoms with Crippen molar-refractivity contribution in [3.8, 4) is 0 Å². The van der Waals surface area contributed by atoms with Crippen molar-refractivity contribution in [1.82, 2.24) is 0 Å². The molecule has 3 unspecified atom stereocenters. The first-order valence-corrected chi connectivity index (χ1v) is 30.0. The van der Waals surface area contributed by atoms with Gasteiger partial charge in [0, 0.05) is 0 Å². The summed E-state index contributed by atoms with van der Waals surface area (Å²) in [7, 11) is 0. The Kier molecular flexibility index (Phi) is 16.1. The van der Waals surface area contributed by atoms with E-state index >= 15 is 0 Å². The molecule has 3 aromatic rings. The maximum absolute atomic E-state index is 4.35. The molecule has 0 heterocycles. The third-order valence-corrected chi connectivity index (χ3v) is 23.6. The minimum absolute atomic E-state index is 0.0514. The molecule has 0 saturated carbocycles. The van der Waals surface area contributed by atoms with Crippen molar-refractivity contribution < 1.29 is 0 Å². The van der Waals surface area contributed by atoms with E-state index in [0.717, 1.165) is 17.6 Å². The quantitative estimate of drug-likeness (QED) is 0.210. The number of hydrogen-bond acceptors (Lipinski definition) is 0. The zero-order valence-corrected chi connectivity index (χ0v) is 55.3. The largest absolute Gasteiger partial charge is 0.0952 e. The topological polar surface area (TPSA) is 0 Å². The molecule has 3 atom stereocenters. The second kappa shape index (κ2) is 20.8. The number of allylic oxidation sites excluding steroid dienone is 21. The van der Waals surface area contributed by atoms with Gasteiger partial charge in [-0.25, -0.2) is 0 Å². The first-order valence-electron chi connectivity index (χ1n) is 30.0. The van der Waals surface area contributed by atoms with Crippen LogP contribution in [-0.2, 0) is 16.2 Å². The van der Waals surface area contributed by atoms with E-state index in [1.54, 1.807) is 5.56 Å². The smallest absolute Gasteiger partial charge is 0.000878 e. The molecule has 0 amide bonds. The van der Waals surface area contributed by atoms with Gasteiger partial charge in [0.1, 0.15) is 0 Å². The second-order valence-electron chi connectivity index (χ2n) is 28.5. The van der Waals surface area contributed by atoms with Gasteiger partial charge in [0.15, 0.2) is 0 Å². The van der Waals surface area contributed by atoms with Gasteiger partial charge in [0.2, 0.25) is 0 Å². The predicted octanol–water partition coefficient (Wildman–Crippen LogP) is 22.5. The average molecular weight is 1050 g/mol. The van der Waals surface area contributed by atoms with Crippen LogP contribution in [0.3, 0.4) is 0 Å². The van der Waals surface area contributed by atoms with Gasteiger partial charge >= 0.3 is 0 Å². The summed E-state index contributed by atoms with van der Waals surface area (Å²) in [4.78, 5) is 0. The van der Waals surface area contributed by atoms with Crippen molar-refractivity contribution in [2.24, 2.45) is 28.6 Å². The average Bonchev–Trinajstić information content (AvgIpc) is 3.99. The molecule has 9 rings (SSSR count). The van der Waals surface area contributed by atoms with E-state index in [1.807, 2.05) is 0 Å². The molecular weight excluding hydrogens is 949 g/mol. The Bertz CT molecular complexity index is 3480. The Morgan fingerprint density at radius 2 is 0.747 bits per heavy atom. The van der Waals surface area contributed by atoms with E-state index < -0.39 is 0 Å². The fourth-order valence-corrected chi connectivity index (χ4v) is 14.7. The first kappa shape index (κ1) is 61.2. The number of hydrogen-bond donors (Lipinski definition) is 0. The van der Waals surface area contributed by atoms with Gasteiger partial charge in [-0.2, -0.15) is 0 Å². The molecule has 0 bridgehead atoms. The summed E-state index contributed by atoms with van der Waals surface area (Å²) in [5.41, 5.74) is 42.6. The Balaban J connectivity index is 0.000000172. The lowest BCUT2D eigenvalue weighted by Crippen LogP contribution is -2.41. The van der Waals surface area contributed by atoms with Crippen LogP contribution >= 0.6 is 0 Å². The summed E-state index contributed by atoms with van der Waals surface area (Å²) in [6, 6.07) is 0. The lowest BCUT2D eigenvalue weighted by Gasteiger charge is -2.46. The van der Waals surface area contributed by atoms with Crippen LogP contribution in [0.15, 0.2) is 125 Å². The standard InChI is InChI=1S/C27H36.2C26H34/c1-15-12-13-22-23(14-16(15)2)21(7)26(8,9)27(10,11)25-20(6)18(4)17(3)19(5)24(22)25;1-15-11-12-22-21(13-16(15)2)14-25(7,8)26(9,10)24-20(6)18(4)17(3)19(5)23(22)24;1-14-11-12-22-23(13-15(14)2)20(7)21(8)26(9,10)25-19(6)17(4)16(3)18(5)24(22)25/h12-14,21H,2H2,1,3-11H3;11-12,14H,2,13H2,1,3-10H3;11-13,20-21H,2H2,1,3-10H3. The van der Waals surface area contributed by atoms with Gasteiger partial charge in [-0.3, -0.25) is 0 Å². The van der Waals surface area contributed by atoms with Gasteiger partial charge in [-0.15, -0.1) is 0 Å². The Morgan fingerprint density at radius 3 is 1.22 bits per heavy atom. The van der Waals surface area contributed by atoms with E-state index in [-0.39, 0.29) is 27.1 Å². The van der Waals surface area contributed by atoms with E-state index in [9.17, 15) is 0 Å². The highest BCUT2D eigenvalue weighted by molar-refractivity contribution is 5.91. The van der Waals surface area contributed by atoms with Crippen LogP contribution in [0, 0.1) is 112 Å². The van der Waals surface area contributed by atoms with Crippen LogP contribution in [0.25, 0.3) is 16.7 Å². The summed E-state index contributed by atoms with van der Waals surface area (Å²) in [6.45, 7) is 78.7. The molecule has 0 nitrogen and oxygen atoms in total. The highest BCUT2D eigenvalue weighted by Crippen LogP contribution is 2.59. The van der Waals surface area contributed by atoms with Crippen LogP contribution in [0.5, 0.6) is 0 Å². The second-order valence-corrected chi connectivity index (χ2v) is 28.5. The van der Waals surface area contributed by atoms with Gasteiger partial charge in [-0.05, 0) is 322 Å². The first-order chi connectivity index (χ1) is 36.2. The van der Waals surface area contributed by atoms with Crippen molar-refractivity contribution in [3.63, 3.8) is 0 Å². The molecule has 0 aliphatic heterocycles. The monoisotopic (exact) mass is 1050 g/mol. The SMILES string of the molecule is C=C1C=C2C(=CC=C1C)c1c(C)c(C)c(C)c(C)c1C(C)(C)C(C)(C)C2C.C=C1C=C2C(=CC=C1C)c1c(C)c(C)c(C)c(C)c1C(C)(C)C(C)C2C.C=C1CC2=CC(C)(C)C(C)(C)c3c(C)c(C)c(C)c(C)c3C2=CC=C1C. The maximum atomic E-state index is 4.35. The minimum atomic E-state index is 0.0514. The Labute approximate surface area is 484 Å². The van der Waals surface area contributed by atoms with Crippen molar-refractivity contribution in [2.45, 2.75) is 217 Å². The molecule has 6 aliphatic rings. The molecule has 0 fully saturated rings. The van der Waals surface area contributed by atoms with Crippen LogP contribution in [0.2, 0.25) is 0 Å². The Hall–Kier alpha value is -5.46. The van der Waals surface area contributed by atoms with Crippen LogP contribution in [0.1, 0.15) is 217 Å². The normalized spacial score (nSPS) is 23.0. The fraction of sp³-hybridized carbons (Fsp3) is 0.468. The molecule has 0 N–H and O–H groups in total. The molecule has 0 radical (unpaired) electrons. The van der Waals surface area contributed by atoms with Gasteiger partial charge in [-0.1, -0.05) is 164 Å². The van der Waals surface area contributed by atoms with Crippen LogP contribution in [0.4, 0.5) is 0 Å². The summed E-state index contributed by atoms with van der Waals surface area (Å²) in [5.74, 6) is 1.46. The third kappa shape index (κ3) is 9.54. The molecule has 0 aromatic heterocycles. The number of benzene rings is 3. The molecular formula is C79H104. The maximum Gasteiger partial charge on any atom is -0.000878 e. The van der Waals surface area contributed by atoms with Crippen molar-refractivity contribution in [2.75, 3.05) is 0 Å². The molecule has 3 aromatic carbocycles. The zero-order chi connectivity index (χ0) is 59.6. The van der Waals surface area contributed by atoms with Crippen molar-refractivity contribution in [3.05, 3.63) is 225 Å². The molecule has 420 valence electrons. The molecule has 79 heavy (non-hydrogen) atoms. The van der Waals surface area contributed by atoms with Crippen molar-refractivity contribution >= 4 is 16.7 Å². The molecule has 6 aliphatic carbocycles. The van der Waals surface area contributed by atoms with Crippen molar-refractivity contribution in [1.29, 1.82) is 0 Å². The Morgan fingerprint density at radius 1 is 0.392 bits per heavy atom. The highest BCUT2D eigenvalue weighted by Gasteiger charge is 2.50. The summed E-state index contributed by atoms with van der Waals surface area (Å²) in [6.07, 6.45) is 22.0. The lowest BCUT2D eigenvalue weighted by molar-refractivity contribution is 0.140. The van der Waals surface area contributed by atoms with Gasteiger partial charge in [0.25, 0.3) is 0 Å². The number of rotatable bonds is 0. The van der Waals surface area contributed by atoms with Crippen LogP contribution < -0.4 is 0 Å².